The Balaban J connectivity index is 1.26. The molecule has 47 heavy (non-hydrogen) atoms. The molecular weight excluding hydrogens is 571 g/mol. The van der Waals surface area contributed by atoms with Crippen LogP contribution in [0.25, 0.3) is 77.7 Å². The first-order valence-corrected chi connectivity index (χ1v) is 16.1. The minimum Gasteiger partial charge on any atom is -0.264 e. The fourth-order valence-electron chi connectivity index (χ4n) is 7.34. The van der Waals surface area contributed by atoms with Crippen LogP contribution in [0.3, 0.4) is 0 Å². The molecule has 0 amide bonds. The van der Waals surface area contributed by atoms with Crippen molar-refractivity contribution < 1.29 is 0 Å². The Morgan fingerprint density at radius 3 is 1.96 bits per heavy atom. The summed E-state index contributed by atoms with van der Waals surface area (Å²) in [5, 5.41) is 4.96. The molecule has 8 aromatic rings. The predicted molar refractivity (Wildman–Crippen MR) is 194 cm³/mol. The van der Waals surface area contributed by atoms with Crippen LogP contribution in [0, 0.1) is 0 Å². The first-order chi connectivity index (χ1) is 23.0. The third-order valence-corrected chi connectivity index (χ3v) is 9.77. The molecule has 0 radical (unpaired) electrons. The molecular formula is C44H31N3. The SMILES string of the molecule is CC1(C)c2ccccc2-c2cc3ccc4ccc(-c5cc(-c6ccccc6-c6cccnc6)nc(-c6ccccc6)n5)cc4c3cc21. The second-order valence-electron chi connectivity index (χ2n) is 12.9. The summed E-state index contributed by atoms with van der Waals surface area (Å²) in [4.78, 5) is 14.7. The van der Waals surface area contributed by atoms with Gasteiger partial charge in [-0.25, -0.2) is 9.97 Å². The average Bonchev–Trinajstić information content (AvgIpc) is 3.36. The van der Waals surface area contributed by atoms with Crippen molar-refractivity contribution in [3.05, 3.63) is 163 Å². The van der Waals surface area contributed by atoms with E-state index in [1.807, 2.05) is 30.5 Å². The van der Waals surface area contributed by atoms with Gasteiger partial charge in [-0.3, -0.25) is 4.98 Å². The second kappa shape index (κ2) is 10.6. The van der Waals surface area contributed by atoms with E-state index in [4.69, 9.17) is 9.97 Å². The molecule has 0 atom stereocenters. The summed E-state index contributed by atoms with van der Waals surface area (Å²) in [6.45, 7) is 4.69. The van der Waals surface area contributed by atoms with Crippen LogP contribution < -0.4 is 0 Å². The summed E-state index contributed by atoms with van der Waals surface area (Å²) in [6, 6.07) is 49.7. The number of aromatic nitrogens is 3. The topological polar surface area (TPSA) is 38.7 Å². The summed E-state index contributed by atoms with van der Waals surface area (Å²) >= 11 is 0. The summed E-state index contributed by atoms with van der Waals surface area (Å²) in [5.74, 6) is 0.703. The van der Waals surface area contributed by atoms with E-state index < -0.39 is 0 Å². The predicted octanol–water partition coefficient (Wildman–Crippen LogP) is 11.2. The molecule has 0 saturated heterocycles. The molecule has 1 aliphatic carbocycles. The van der Waals surface area contributed by atoms with Crippen LogP contribution in [-0.4, -0.2) is 15.0 Å². The summed E-state index contributed by atoms with van der Waals surface area (Å²) in [6.07, 6.45) is 3.71. The number of fused-ring (bicyclic) bond motifs is 6. The first kappa shape index (κ1) is 27.4. The molecule has 0 aliphatic heterocycles. The van der Waals surface area contributed by atoms with Gasteiger partial charge in [0, 0.05) is 40.1 Å². The molecule has 0 bridgehead atoms. The number of nitrogens with zero attached hydrogens (tertiary/aromatic N) is 3. The van der Waals surface area contributed by atoms with E-state index in [2.05, 4.69) is 134 Å². The molecule has 0 fully saturated rings. The molecule has 6 aromatic carbocycles. The van der Waals surface area contributed by atoms with Crippen LogP contribution in [0.4, 0.5) is 0 Å². The Morgan fingerprint density at radius 2 is 1.13 bits per heavy atom. The van der Waals surface area contributed by atoms with Crippen LogP contribution in [0.2, 0.25) is 0 Å². The number of pyridine rings is 1. The van der Waals surface area contributed by atoms with Crippen molar-refractivity contribution >= 4 is 21.5 Å². The minimum absolute atomic E-state index is 0.0618. The maximum absolute atomic E-state index is 5.17. The van der Waals surface area contributed by atoms with Crippen LogP contribution in [0.15, 0.2) is 152 Å². The smallest absolute Gasteiger partial charge is 0.160 e. The summed E-state index contributed by atoms with van der Waals surface area (Å²) in [5.41, 5.74) is 12.4. The molecule has 3 heteroatoms. The van der Waals surface area contributed by atoms with E-state index in [0.29, 0.717) is 5.82 Å². The van der Waals surface area contributed by atoms with Crippen molar-refractivity contribution in [3.63, 3.8) is 0 Å². The van der Waals surface area contributed by atoms with E-state index in [-0.39, 0.29) is 5.41 Å². The molecule has 3 nitrogen and oxygen atoms in total. The quantitative estimate of drug-likeness (QED) is 0.188. The van der Waals surface area contributed by atoms with Gasteiger partial charge in [0.2, 0.25) is 0 Å². The van der Waals surface area contributed by atoms with Crippen molar-refractivity contribution in [2.45, 2.75) is 19.3 Å². The van der Waals surface area contributed by atoms with Crippen LogP contribution >= 0.6 is 0 Å². The zero-order chi connectivity index (χ0) is 31.5. The molecule has 1 aliphatic rings. The highest BCUT2D eigenvalue weighted by molar-refractivity contribution is 6.11. The van der Waals surface area contributed by atoms with Gasteiger partial charge in [0.25, 0.3) is 0 Å². The third kappa shape index (κ3) is 4.46. The molecule has 0 N–H and O–H groups in total. The Morgan fingerprint density at radius 1 is 0.447 bits per heavy atom. The lowest BCUT2D eigenvalue weighted by molar-refractivity contribution is 0.661. The number of hydrogen-bond donors (Lipinski definition) is 0. The maximum Gasteiger partial charge on any atom is 0.160 e. The Kier molecular flexibility index (Phi) is 6.16. The minimum atomic E-state index is -0.0618. The molecule has 0 saturated carbocycles. The zero-order valence-electron chi connectivity index (χ0n) is 26.3. The van der Waals surface area contributed by atoms with Gasteiger partial charge >= 0.3 is 0 Å². The van der Waals surface area contributed by atoms with Gasteiger partial charge in [-0.1, -0.05) is 123 Å². The molecule has 0 spiro atoms. The lowest BCUT2D eigenvalue weighted by Crippen LogP contribution is -2.14. The molecule has 2 heterocycles. The number of hydrogen-bond acceptors (Lipinski definition) is 3. The Bertz CT molecular complexity index is 2480. The molecule has 0 unspecified atom stereocenters. The van der Waals surface area contributed by atoms with E-state index in [1.54, 1.807) is 6.20 Å². The fraction of sp³-hybridized carbons (Fsp3) is 0.0682. The maximum atomic E-state index is 5.17. The standard InChI is InChI=1S/C44H31N3/c1-44(2)39-17-9-8-15-34(39)38-23-30-20-18-28-19-21-31(24-36(28)37(30)25-40(38)44)41-26-42(47-43(46-41)29-11-4-3-5-12-29)35-16-7-6-14-33(35)32-13-10-22-45-27-32/h3-27H,1-2H3. The van der Waals surface area contributed by atoms with Crippen molar-refractivity contribution in [1.29, 1.82) is 0 Å². The lowest BCUT2D eigenvalue weighted by Gasteiger charge is -2.22. The van der Waals surface area contributed by atoms with Crippen molar-refractivity contribution in [3.8, 4) is 56.2 Å². The van der Waals surface area contributed by atoms with E-state index >= 15 is 0 Å². The van der Waals surface area contributed by atoms with Gasteiger partial charge in [-0.05, 0) is 79.7 Å². The van der Waals surface area contributed by atoms with Gasteiger partial charge in [0.05, 0.1) is 11.4 Å². The third-order valence-electron chi connectivity index (χ3n) is 9.77. The Hall–Kier alpha value is -5.93. The monoisotopic (exact) mass is 601 g/mol. The zero-order valence-corrected chi connectivity index (χ0v) is 26.3. The van der Waals surface area contributed by atoms with Gasteiger partial charge in [0.1, 0.15) is 0 Å². The Labute approximate surface area is 274 Å². The molecule has 222 valence electrons. The van der Waals surface area contributed by atoms with Crippen molar-refractivity contribution in [2.75, 3.05) is 0 Å². The van der Waals surface area contributed by atoms with Crippen molar-refractivity contribution in [2.24, 2.45) is 0 Å². The molecule has 2 aromatic heterocycles. The lowest BCUT2D eigenvalue weighted by atomic mass is 9.81. The number of benzene rings is 6. The largest absolute Gasteiger partial charge is 0.264 e. The highest BCUT2D eigenvalue weighted by atomic mass is 14.9. The van der Waals surface area contributed by atoms with E-state index in [0.717, 1.165) is 39.2 Å². The van der Waals surface area contributed by atoms with Gasteiger partial charge in [-0.15, -0.1) is 0 Å². The van der Waals surface area contributed by atoms with Crippen LogP contribution in [0.5, 0.6) is 0 Å². The summed E-state index contributed by atoms with van der Waals surface area (Å²) in [7, 11) is 0. The highest BCUT2D eigenvalue weighted by Crippen LogP contribution is 2.50. The first-order valence-electron chi connectivity index (χ1n) is 16.1. The van der Waals surface area contributed by atoms with Crippen LogP contribution in [-0.2, 0) is 5.41 Å². The number of rotatable bonds is 4. The average molecular weight is 602 g/mol. The van der Waals surface area contributed by atoms with Crippen LogP contribution in [0.1, 0.15) is 25.0 Å². The normalized spacial score (nSPS) is 13.1. The summed E-state index contributed by atoms with van der Waals surface area (Å²) < 4.78 is 0. The molecule has 9 rings (SSSR count). The van der Waals surface area contributed by atoms with E-state index in [9.17, 15) is 0 Å². The van der Waals surface area contributed by atoms with Gasteiger partial charge < -0.3 is 0 Å². The second-order valence-corrected chi connectivity index (χ2v) is 12.9. The fourth-order valence-corrected chi connectivity index (χ4v) is 7.34. The van der Waals surface area contributed by atoms with Crippen molar-refractivity contribution in [1.82, 2.24) is 15.0 Å². The van der Waals surface area contributed by atoms with Gasteiger partial charge in [-0.2, -0.15) is 0 Å². The highest BCUT2D eigenvalue weighted by Gasteiger charge is 2.35. The van der Waals surface area contributed by atoms with Gasteiger partial charge in [0.15, 0.2) is 5.82 Å². The van der Waals surface area contributed by atoms with E-state index in [1.165, 1.54) is 43.8 Å².